The van der Waals surface area contributed by atoms with Gasteiger partial charge in [0.1, 0.15) is 19.4 Å². The lowest BCUT2D eigenvalue weighted by Crippen LogP contribution is -2.20. The van der Waals surface area contributed by atoms with Crippen LogP contribution in [0.4, 0.5) is 5.82 Å². The average Bonchev–Trinajstić information content (AvgIpc) is 3.26. The Morgan fingerprint density at radius 3 is 2.42 bits per heavy atom. The number of nitrogens with two attached hydrogens (primary N) is 1. The van der Waals surface area contributed by atoms with E-state index in [0.717, 1.165) is 22.4 Å². The summed E-state index contributed by atoms with van der Waals surface area (Å²) in [6, 6.07) is 17.9. The van der Waals surface area contributed by atoms with E-state index in [0.29, 0.717) is 28.2 Å². The van der Waals surface area contributed by atoms with E-state index in [1.807, 2.05) is 42.5 Å². The number of carbonyl (C=O) groups is 1. The predicted octanol–water partition coefficient (Wildman–Crippen LogP) is 2.37. The number of aromatic carboxylic acids is 1. The third-order valence-corrected chi connectivity index (χ3v) is 5.57. The Morgan fingerprint density at radius 2 is 1.76 bits per heavy atom. The van der Waals surface area contributed by atoms with Crippen molar-refractivity contribution in [2.75, 3.05) is 5.73 Å². The molecule has 0 fully saturated rings. The molecule has 0 saturated carbocycles. The molecule has 0 saturated heterocycles. The quantitative estimate of drug-likeness (QED) is 0.370. The molecule has 0 aliphatic heterocycles. The first kappa shape index (κ1) is 20.3. The van der Waals surface area contributed by atoms with Gasteiger partial charge in [0, 0.05) is 28.5 Å². The first-order valence-corrected chi connectivity index (χ1v) is 10.2. The van der Waals surface area contributed by atoms with Crippen LogP contribution in [0.3, 0.4) is 0 Å². The maximum Gasteiger partial charge on any atom is 0.335 e. The molecule has 3 heterocycles. The summed E-state index contributed by atoms with van der Waals surface area (Å²) < 4.78 is 1.54. The molecule has 2 aromatic carbocycles. The number of aromatic nitrogens is 4. The summed E-state index contributed by atoms with van der Waals surface area (Å²) in [7, 11) is 1.78. The van der Waals surface area contributed by atoms with Crippen molar-refractivity contribution in [2.45, 2.75) is 0 Å². The Morgan fingerprint density at radius 1 is 0.970 bits per heavy atom. The highest BCUT2D eigenvalue weighted by atomic mass is 16.4. The van der Waals surface area contributed by atoms with Gasteiger partial charge in [-0.3, -0.25) is 4.98 Å². The highest BCUT2D eigenvalue weighted by Crippen LogP contribution is 2.31. The molecule has 5 rings (SSSR count). The molecule has 0 radical (unpaired) electrons. The molecule has 160 valence electrons. The van der Waals surface area contributed by atoms with Crippen LogP contribution in [-0.4, -0.2) is 43.6 Å². The van der Waals surface area contributed by atoms with Crippen LogP contribution in [-0.2, 0) is 0 Å². The molecule has 33 heavy (non-hydrogen) atoms. The number of pyridine rings is 1. The number of nitrogens with zero attached hydrogens (tertiary/aromatic N) is 4. The number of hydrogen-bond donors (Lipinski definition) is 3. The first-order valence-electron chi connectivity index (χ1n) is 10.2. The van der Waals surface area contributed by atoms with Crippen molar-refractivity contribution in [2.24, 2.45) is 0 Å². The third kappa shape index (κ3) is 3.45. The Bertz CT molecular complexity index is 1520. The molecule has 0 bridgehead atoms. The minimum Gasteiger partial charge on any atom is -0.507 e. The zero-order valence-electron chi connectivity index (χ0n) is 17.6. The molecule has 0 amide bonds. The van der Waals surface area contributed by atoms with E-state index in [9.17, 15) is 15.0 Å². The van der Waals surface area contributed by atoms with Crippen LogP contribution in [0.25, 0.3) is 39.3 Å². The van der Waals surface area contributed by atoms with Gasteiger partial charge in [-0.15, -0.1) is 0 Å². The summed E-state index contributed by atoms with van der Waals surface area (Å²) in [5.74, 6) is -0.943. The summed E-state index contributed by atoms with van der Waals surface area (Å²) in [5, 5.41) is 24.0. The van der Waals surface area contributed by atoms with Crippen molar-refractivity contribution >= 4 is 30.7 Å². The van der Waals surface area contributed by atoms with Crippen LogP contribution in [0, 0.1) is 0 Å². The van der Waals surface area contributed by atoms with Crippen LogP contribution in [0.2, 0.25) is 0 Å². The van der Waals surface area contributed by atoms with Crippen molar-refractivity contribution in [3.05, 3.63) is 78.6 Å². The van der Waals surface area contributed by atoms with Crippen LogP contribution >= 0.6 is 0 Å². The number of aromatic hydroxyl groups is 1. The number of carboxylic acids is 1. The van der Waals surface area contributed by atoms with Crippen LogP contribution in [0.5, 0.6) is 5.75 Å². The van der Waals surface area contributed by atoms with E-state index >= 15 is 0 Å². The van der Waals surface area contributed by atoms with Gasteiger partial charge in [-0.05, 0) is 29.7 Å². The number of benzene rings is 2. The van der Waals surface area contributed by atoms with Crippen molar-refractivity contribution in [1.82, 2.24) is 19.6 Å². The third-order valence-electron chi connectivity index (χ3n) is 5.57. The van der Waals surface area contributed by atoms with Crippen LogP contribution in [0.1, 0.15) is 10.4 Å². The number of phenolic OH excluding ortho intramolecular Hbond substituents is 1. The van der Waals surface area contributed by atoms with Crippen molar-refractivity contribution in [3.8, 4) is 39.4 Å². The maximum atomic E-state index is 11.2. The molecule has 0 atom stereocenters. The van der Waals surface area contributed by atoms with E-state index in [4.69, 9.17) is 10.7 Å². The number of nitrogen functional groups attached to an aromatic ring is 1. The second kappa shape index (κ2) is 7.79. The van der Waals surface area contributed by atoms with E-state index < -0.39 is 5.97 Å². The zero-order chi connectivity index (χ0) is 23.1. The normalized spacial score (nSPS) is 11.0. The molecule has 8 nitrogen and oxygen atoms in total. The fourth-order valence-electron chi connectivity index (χ4n) is 3.76. The fraction of sp³-hybridized carbons (Fsp3) is 0. The number of hydrogen-bond acceptors (Lipinski definition) is 6. The fourth-order valence-corrected chi connectivity index (χ4v) is 3.76. The van der Waals surface area contributed by atoms with Crippen molar-refractivity contribution < 1.29 is 15.0 Å². The second-order valence-electron chi connectivity index (χ2n) is 7.60. The summed E-state index contributed by atoms with van der Waals surface area (Å²) in [6.45, 7) is 0. The van der Waals surface area contributed by atoms with Gasteiger partial charge in [-0.2, -0.15) is 9.61 Å². The Kier molecular flexibility index (Phi) is 4.79. The maximum absolute atomic E-state index is 11.2. The van der Waals surface area contributed by atoms with Crippen LogP contribution < -0.4 is 11.2 Å². The molecular weight excluding hydrogens is 417 g/mol. The summed E-state index contributed by atoms with van der Waals surface area (Å²) in [5.41, 5.74) is 11.7. The molecular formula is C24H18BN5O3. The highest BCUT2D eigenvalue weighted by Gasteiger charge is 2.19. The Labute approximate surface area is 189 Å². The minimum absolute atomic E-state index is 0.0161. The highest BCUT2D eigenvalue weighted by molar-refractivity contribution is 6.38. The summed E-state index contributed by atoms with van der Waals surface area (Å²) in [6.07, 6.45) is 3.43. The number of phenols is 1. The van der Waals surface area contributed by atoms with Gasteiger partial charge in [-0.1, -0.05) is 36.4 Å². The molecule has 5 aromatic rings. The minimum atomic E-state index is -1.12. The molecule has 4 N–H and O–H groups in total. The molecule has 0 aliphatic carbocycles. The molecule has 9 heteroatoms. The Balaban J connectivity index is 1.63. The van der Waals surface area contributed by atoms with E-state index in [-0.39, 0.29) is 11.3 Å². The van der Waals surface area contributed by atoms with Gasteiger partial charge in [0.15, 0.2) is 5.65 Å². The summed E-state index contributed by atoms with van der Waals surface area (Å²) in [4.78, 5) is 20.5. The van der Waals surface area contributed by atoms with Gasteiger partial charge in [0.2, 0.25) is 0 Å². The van der Waals surface area contributed by atoms with Gasteiger partial charge in [-0.25, -0.2) is 9.78 Å². The standard InChI is InChI=1S/C24H18BN5O3/c25-20-21(16-8-6-14(24(32)33)10-19(16)31)29-23-17(12-28-30(23)22(20)26)15-7-9-18(27-11-15)13-4-2-1-3-5-13/h1-12,31H,25-26H2,(H,32,33). The smallest absolute Gasteiger partial charge is 0.335 e. The second-order valence-corrected chi connectivity index (χ2v) is 7.60. The number of carboxylic acid groups (broad SMARTS) is 1. The first-order chi connectivity index (χ1) is 15.9. The number of fused-ring (bicyclic) bond motifs is 1. The molecule has 0 spiro atoms. The largest absolute Gasteiger partial charge is 0.507 e. The SMILES string of the molecule is Bc1c(-c2ccc(C(=O)O)cc2O)nc2c(-c3ccc(-c4ccccc4)nc3)cnn2c1N. The van der Waals surface area contributed by atoms with Gasteiger partial charge >= 0.3 is 5.97 Å². The van der Waals surface area contributed by atoms with E-state index in [2.05, 4.69) is 10.1 Å². The van der Waals surface area contributed by atoms with E-state index in [1.165, 1.54) is 18.2 Å². The number of anilines is 1. The van der Waals surface area contributed by atoms with Gasteiger partial charge in [0.05, 0.1) is 23.1 Å². The lowest BCUT2D eigenvalue weighted by molar-refractivity contribution is 0.0696. The summed E-state index contributed by atoms with van der Waals surface area (Å²) >= 11 is 0. The number of rotatable bonds is 4. The molecule has 0 aliphatic rings. The predicted molar refractivity (Wildman–Crippen MR) is 128 cm³/mol. The average molecular weight is 435 g/mol. The van der Waals surface area contributed by atoms with Gasteiger partial charge in [0.25, 0.3) is 0 Å². The zero-order valence-corrected chi connectivity index (χ0v) is 17.6. The lowest BCUT2D eigenvalue weighted by atomic mass is 9.90. The van der Waals surface area contributed by atoms with E-state index in [1.54, 1.807) is 24.8 Å². The molecule has 0 unspecified atom stereocenters. The van der Waals surface area contributed by atoms with Crippen molar-refractivity contribution in [1.29, 1.82) is 0 Å². The lowest BCUT2D eigenvalue weighted by Gasteiger charge is -2.12. The monoisotopic (exact) mass is 435 g/mol. The topological polar surface area (TPSA) is 127 Å². The Hall–Kier alpha value is -4.66. The molecule has 3 aromatic heterocycles. The van der Waals surface area contributed by atoms with Gasteiger partial charge < -0.3 is 15.9 Å². The van der Waals surface area contributed by atoms with Crippen molar-refractivity contribution in [3.63, 3.8) is 0 Å². The van der Waals surface area contributed by atoms with Crippen LogP contribution in [0.15, 0.2) is 73.1 Å².